The number of rotatable bonds is 7. The van der Waals surface area contributed by atoms with E-state index in [1.807, 2.05) is 0 Å². The van der Waals surface area contributed by atoms with Crippen molar-refractivity contribution in [3.05, 3.63) is 0 Å². The van der Waals surface area contributed by atoms with E-state index in [0.29, 0.717) is 31.2 Å². The highest BCUT2D eigenvalue weighted by Gasteiger charge is 2.27. The van der Waals surface area contributed by atoms with Crippen LogP contribution >= 0.6 is 0 Å². The lowest BCUT2D eigenvalue weighted by atomic mass is 10.1. The van der Waals surface area contributed by atoms with Crippen LogP contribution < -0.4 is 10.6 Å². The van der Waals surface area contributed by atoms with Crippen LogP contribution in [0.25, 0.3) is 0 Å². The van der Waals surface area contributed by atoms with Gasteiger partial charge in [-0.25, -0.2) is 8.42 Å². The summed E-state index contributed by atoms with van der Waals surface area (Å²) in [5.41, 5.74) is 0. The average Bonchev–Trinajstić information content (AvgIpc) is 2.57. The number of carbonyl (C=O) groups is 1. The maximum atomic E-state index is 11.4. The van der Waals surface area contributed by atoms with Crippen molar-refractivity contribution in [3.63, 3.8) is 0 Å². The summed E-state index contributed by atoms with van der Waals surface area (Å²) in [6.45, 7) is 5.82. The van der Waals surface area contributed by atoms with Crippen molar-refractivity contribution in [2.75, 3.05) is 31.1 Å². The molecule has 0 aromatic carbocycles. The van der Waals surface area contributed by atoms with Crippen molar-refractivity contribution in [1.82, 2.24) is 10.6 Å². The normalized spacial score (nSPS) is 22.3. The van der Waals surface area contributed by atoms with Crippen molar-refractivity contribution in [3.8, 4) is 0 Å². The Kier molecular flexibility index (Phi) is 6.08. The molecule has 6 heteroatoms. The zero-order chi connectivity index (χ0) is 13.6. The molecule has 0 spiro atoms. The number of amides is 1. The molecule has 18 heavy (non-hydrogen) atoms. The Morgan fingerprint density at radius 1 is 1.39 bits per heavy atom. The van der Waals surface area contributed by atoms with E-state index in [9.17, 15) is 13.2 Å². The van der Waals surface area contributed by atoms with Crippen molar-refractivity contribution < 1.29 is 13.2 Å². The molecule has 2 N–H and O–H groups in total. The van der Waals surface area contributed by atoms with Gasteiger partial charge in [-0.05, 0) is 31.2 Å². The van der Waals surface area contributed by atoms with Gasteiger partial charge < -0.3 is 10.6 Å². The van der Waals surface area contributed by atoms with E-state index in [1.54, 1.807) is 0 Å². The van der Waals surface area contributed by atoms with Gasteiger partial charge in [0, 0.05) is 6.54 Å². The van der Waals surface area contributed by atoms with E-state index < -0.39 is 9.84 Å². The van der Waals surface area contributed by atoms with E-state index >= 15 is 0 Å². The van der Waals surface area contributed by atoms with Gasteiger partial charge in [-0.15, -0.1) is 0 Å². The van der Waals surface area contributed by atoms with Gasteiger partial charge in [0.15, 0.2) is 9.84 Å². The summed E-state index contributed by atoms with van der Waals surface area (Å²) in [7, 11) is -2.81. The van der Waals surface area contributed by atoms with Crippen molar-refractivity contribution in [1.29, 1.82) is 0 Å². The van der Waals surface area contributed by atoms with Gasteiger partial charge in [0.05, 0.1) is 18.1 Å². The molecule has 1 fully saturated rings. The van der Waals surface area contributed by atoms with Crippen LogP contribution in [-0.4, -0.2) is 45.5 Å². The predicted octanol–water partition coefficient (Wildman–Crippen LogP) is 0.173. The van der Waals surface area contributed by atoms with Crippen LogP contribution in [0, 0.1) is 11.8 Å². The standard InChI is InChI=1S/C12H24N2O3S/c1-10(2)3-5-14-12(15)8-13-7-11-4-6-18(16,17)9-11/h10-11,13H,3-9H2,1-2H3,(H,14,15). The number of sulfone groups is 1. The summed E-state index contributed by atoms with van der Waals surface area (Å²) in [4.78, 5) is 11.4. The van der Waals surface area contributed by atoms with Gasteiger partial charge >= 0.3 is 0 Å². The third-order valence-corrected chi connectivity index (χ3v) is 4.93. The minimum Gasteiger partial charge on any atom is -0.355 e. The molecule has 106 valence electrons. The molecule has 1 aliphatic heterocycles. The molecule has 1 aliphatic rings. The molecule has 1 rings (SSSR count). The van der Waals surface area contributed by atoms with Crippen molar-refractivity contribution >= 4 is 15.7 Å². The van der Waals surface area contributed by atoms with Crippen molar-refractivity contribution in [2.45, 2.75) is 26.7 Å². The van der Waals surface area contributed by atoms with E-state index in [4.69, 9.17) is 0 Å². The maximum Gasteiger partial charge on any atom is 0.233 e. The second-order valence-electron chi connectivity index (χ2n) is 5.43. The van der Waals surface area contributed by atoms with Crippen LogP contribution in [0.2, 0.25) is 0 Å². The number of hydrogen-bond donors (Lipinski definition) is 2. The lowest BCUT2D eigenvalue weighted by Crippen LogP contribution is -2.36. The lowest BCUT2D eigenvalue weighted by Gasteiger charge is -2.10. The SMILES string of the molecule is CC(C)CCNC(=O)CNCC1CCS(=O)(=O)C1. The van der Waals surface area contributed by atoms with Gasteiger partial charge in [0.1, 0.15) is 0 Å². The van der Waals surface area contributed by atoms with Gasteiger partial charge in [0.25, 0.3) is 0 Å². The molecule has 1 heterocycles. The molecule has 0 saturated carbocycles. The van der Waals surface area contributed by atoms with Crippen LogP contribution in [0.1, 0.15) is 26.7 Å². The Labute approximate surface area is 110 Å². The fourth-order valence-corrected chi connectivity index (χ4v) is 3.85. The molecule has 0 aliphatic carbocycles. The molecule has 0 aromatic heterocycles. The molecule has 1 unspecified atom stereocenters. The summed E-state index contributed by atoms with van der Waals surface area (Å²) in [5, 5.41) is 5.86. The minimum atomic E-state index is -2.81. The monoisotopic (exact) mass is 276 g/mol. The topological polar surface area (TPSA) is 75.3 Å². The van der Waals surface area contributed by atoms with Gasteiger partial charge in [-0.1, -0.05) is 13.8 Å². The first-order chi connectivity index (χ1) is 8.39. The first-order valence-electron chi connectivity index (χ1n) is 6.57. The van der Waals surface area contributed by atoms with Crippen LogP contribution in [0.4, 0.5) is 0 Å². The quantitative estimate of drug-likeness (QED) is 0.695. The molecule has 1 atom stereocenters. The molecule has 1 saturated heterocycles. The van der Waals surface area contributed by atoms with Crippen LogP contribution in [-0.2, 0) is 14.6 Å². The third-order valence-electron chi connectivity index (χ3n) is 3.09. The van der Waals surface area contributed by atoms with Gasteiger partial charge in [-0.3, -0.25) is 4.79 Å². The van der Waals surface area contributed by atoms with E-state index in [-0.39, 0.29) is 24.1 Å². The minimum absolute atomic E-state index is 0.0171. The number of hydrogen-bond acceptors (Lipinski definition) is 4. The molecule has 0 bridgehead atoms. The fourth-order valence-electron chi connectivity index (χ4n) is 1.99. The Bertz CT molecular complexity index is 366. The fraction of sp³-hybridized carbons (Fsp3) is 0.917. The highest BCUT2D eigenvalue weighted by atomic mass is 32.2. The molecule has 0 aromatic rings. The summed E-state index contributed by atoms with van der Waals surface area (Å²) in [6.07, 6.45) is 1.69. The first-order valence-corrected chi connectivity index (χ1v) is 8.39. The third kappa shape index (κ3) is 6.35. The summed E-state index contributed by atoms with van der Waals surface area (Å²) in [6, 6.07) is 0. The zero-order valence-electron chi connectivity index (χ0n) is 11.2. The number of carbonyl (C=O) groups excluding carboxylic acids is 1. The molecule has 0 radical (unpaired) electrons. The average molecular weight is 276 g/mol. The number of nitrogens with one attached hydrogen (secondary N) is 2. The predicted molar refractivity (Wildman–Crippen MR) is 72.1 cm³/mol. The van der Waals surface area contributed by atoms with E-state index in [1.165, 1.54) is 0 Å². The first kappa shape index (κ1) is 15.4. The summed E-state index contributed by atoms with van der Waals surface area (Å²) < 4.78 is 22.5. The lowest BCUT2D eigenvalue weighted by molar-refractivity contribution is -0.120. The Morgan fingerprint density at radius 2 is 2.11 bits per heavy atom. The Balaban J connectivity index is 2.06. The van der Waals surface area contributed by atoms with Crippen LogP contribution in [0.15, 0.2) is 0 Å². The molecular weight excluding hydrogens is 252 g/mol. The van der Waals surface area contributed by atoms with Crippen LogP contribution in [0.5, 0.6) is 0 Å². The summed E-state index contributed by atoms with van der Waals surface area (Å²) in [5.74, 6) is 1.28. The smallest absolute Gasteiger partial charge is 0.233 e. The maximum absolute atomic E-state index is 11.4. The molecule has 1 amide bonds. The largest absolute Gasteiger partial charge is 0.355 e. The second kappa shape index (κ2) is 7.09. The Hall–Kier alpha value is -0.620. The van der Waals surface area contributed by atoms with E-state index in [0.717, 1.165) is 6.42 Å². The van der Waals surface area contributed by atoms with Gasteiger partial charge in [0.2, 0.25) is 5.91 Å². The van der Waals surface area contributed by atoms with Crippen molar-refractivity contribution in [2.24, 2.45) is 11.8 Å². The molecule has 5 nitrogen and oxygen atoms in total. The van der Waals surface area contributed by atoms with E-state index in [2.05, 4.69) is 24.5 Å². The Morgan fingerprint density at radius 3 is 2.67 bits per heavy atom. The second-order valence-corrected chi connectivity index (χ2v) is 7.66. The zero-order valence-corrected chi connectivity index (χ0v) is 12.1. The van der Waals surface area contributed by atoms with Gasteiger partial charge in [-0.2, -0.15) is 0 Å². The highest BCUT2D eigenvalue weighted by Crippen LogP contribution is 2.17. The van der Waals surface area contributed by atoms with Crippen LogP contribution in [0.3, 0.4) is 0 Å². The highest BCUT2D eigenvalue weighted by molar-refractivity contribution is 7.91. The molecular formula is C12H24N2O3S. The summed E-state index contributed by atoms with van der Waals surface area (Å²) >= 11 is 0.